The highest BCUT2D eigenvalue weighted by Gasteiger charge is 2.52. The number of fused-ring (bicyclic) bond motifs is 1. The molecular weight excluding hydrogens is 224 g/mol. The zero-order valence-electron chi connectivity index (χ0n) is 10.8. The standard InChI is InChI=1S/C12H20O5/c1-11(2)13-6-9(16-11)7-5-8-10(14-7)17-12(3,4)15-8/h7-10H,5-6H2,1-4H3/t7-,8-,9+,10+/m1/s1. The van der Waals surface area contributed by atoms with Crippen molar-refractivity contribution in [2.24, 2.45) is 0 Å². The predicted molar refractivity (Wildman–Crippen MR) is 58.2 cm³/mol. The zero-order chi connectivity index (χ0) is 12.3. The number of ether oxygens (including phenoxy) is 5. The molecule has 3 fully saturated rings. The molecule has 17 heavy (non-hydrogen) atoms. The third-order valence-corrected chi connectivity index (χ3v) is 3.36. The Kier molecular flexibility index (Phi) is 2.55. The smallest absolute Gasteiger partial charge is 0.187 e. The van der Waals surface area contributed by atoms with E-state index in [1.165, 1.54) is 0 Å². The van der Waals surface area contributed by atoms with Gasteiger partial charge in [0.1, 0.15) is 12.2 Å². The fourth-order valence-corrected chi connectivity index (χ4v) is 2.67. The average molecular weight is 244 g/mol. The van der Waals surface area contributed by atoms with Gasteiger partial charge in [0, 0.05) is 6.42 Å². The summed E-state index contributed by atoms with van der Waals surface area (Å²) in [5.41, 5.74) is 0. The minimum atomic E-state index is -0.535. The van der Waals surface area contributed by atoms with Gasteiger partial charge in [0.2, 0.25) is 0 Å². The maximum atomic E-state index is 5.85. The van der Waals surface area contributed by atoms with Gasteiger partial charge in [-0.15, -0.1) is 0 Å². The van der Waals surface area contributed by atoms with Crippen molar-refractivity contribution in [3.63, 3.8) is 0 Å². The molecule has 4 atom stereocenters. The van der Waals surface area contributed by atoms with Gasteiger partial charge in [0.25, 0.3) is 0 Å². The van der Waals surface area contributed by atoms with E-state index in [1.807, 2.05) is 27.7 Å². The first-order valence-corrected chi connectivity index (χ1v) is 6.18. The lowest BCUT2D eigenvalue weighted by Gasteiger charge is -2.23. The molecule has 3 saturated heterocycles. The Morgan fingerprint density at radius 2 is 1.53 bits per heavy atom. The van der Waals surface area contributed by atoms with Crippen LogP contribution >= 0.6 is 0 Å². The first-order valence-electron chi connectivity index (χ1n) is 6.18. The Hall–Kier alpha value is -0.200. The summed E-state index contributed by atoms with van der Waals surface area (Å²) in [4.78, 5) is 0. The topological polar surface area (TPSA) is 46.2 Å². The van der Waals surface area contributed by atoms with Crippen LogP contribution in [0.3, 0.4) is 0 Å². The molecule has 0 aromatic carbocycles. The van der Waals surface area contributed by atoms with Gasteiger partial charge in [0.05, 0.1) is 12.7 Å². The molecule has 5 nitrogen and oxygen atoms in total. The maximum absolute atomic E-state index is 5.85. The molecule has 0 aliphatic carbocycles. The van der Waals surface area contributed by atoms with Crippen LogP contribution in [-0.4, -0.2) is 42.8 Å². The van der Waals surface area contributed by atoms with Gasteiger partial charge < -0.3 is 23.7 Å². The van der Waals surface area contributed by atoms with Gasteiger partial charge >= 0.3 is 0 Å². The van der Waals surface area contributed by atoms with E-state index in [0.29, 0.717) is 6.61 Å². The molecule has 3 heterocycles. The summed E-state index contributed by atoms with van der Waals surface area (Å²) >= 11 is 0. The normalized spacial score (nSPS) is 47.3. The molecule has 0 radical (unpaired) electrons. The molecule has 0 N–H and O–H groups in total. The second kappa shape index (κ2) is 3.65. The van der Waals surface area contributed by atoms with Gasteiger partial charge in [-0.2, -0.15) is 0 Å². The second-order valence-corrected chi connectivity index (χ2v) is 5.82. The van der Waals surface area contributed by atoms with E-state index in [-0.39, 0.29) is 24.6 Å². The lowest BCUT2D eigenvalue weighted by Crippen LogP contribution is -2.33. The summed E-state index contributed by atoms with van der Waals surface area (Å²) in [6, 6.07) is 0. The monoisotopic (exact) mass is 244 g/mol. The summed E-state index contributed by atoms with van der Waals surface area (Å²) in [7, 11) is 0. The molecule has 0 spiro atoms. The molecule has 98 valence electrons. The number of hydrogen-bond acceptors (Lipinski definition) is 5. The average Bonchev–Trinajstić information content (AvgIpc) is 2.75. The van der Waals surface area contributed by atoms with E-state index in [0.717, 1.165) is 6.42 Å². The third-order valence-electron chi connectivity index (χ3n) is 3.36. The van der Waals surface area contributed by atoms with Crippen molar-refractivity contribution in [1.29, 1.82) is 0 Å². The van der Waals surface area contributed by atoms with Crippen LogP contribution in [0.2, 0.25) is 0 Å². The van der Waals surface area contributed by atoms with Gasteiger partial charge in [-0.1, -0.05) is 0 Å². The Morgan fingerprint density at radius 3 is 2.12 bits per heavy atom. The summed E-state index contributed by atoms with van der Waals surface area (Å²) in [6.45, 7) is 8.21. The van der Waals surface area contributed by atoms with Crippen molar-refractivity contribution < 1.29 is 23.7 Å². The fourth-order valence-electron chi connectivity index (χ4n) is 2.67. The first kappa shape index (κ1) is 11.9. The highest BCUT2D eigenvalue weighted by atomic mass is 16.8. The van der Waals surface area contributed by atoms with Crippen LogP contribution in [0, 0.1) is 0 Å². The number of rotatable bonds is 1. The van der Waals surface area contributed by atoms with Crippen molar-refractivity contribution in [3.05, 3.63) is 0 Å². The minimum Gasteiger partial charge on any atom is -0.348 e. The van der Waals surface area contributed by atoms with E-state index in [4.69, 9.17) is 23.7 Å². The van der Waals surface area contributed by atoms with Gasteiger partial charge in [0.15, 0.2) is 17.9 Å². The fraction of sp³-hybridized carbons (Fsp3) is 1.00. The minimum absolute atomic E-state index is 0.00266. The van der Waals surface area contributed by atoms with Crippen molar-refractivity contribution >= 4 is 0 Å². The van der Waals surface area contributed by atoms with E-state index in [2.05, 4.69) is 0 Å². The van der Waals surface area contributed by atoms with Crippen molar-refractivity contribution in [2.75, 3.05) is 6.61 Å². The molecule has 3 rings (SSSR count). The van der Waals surface area contributed by atoms with E-state index in [1.54, 1.807) is 0 Å². The SMILES string of the molecule is CC1(C)OC[C@@H]([C@H]2C[C@H]3OC(C)(C)O[C@@H]3O2)O1. The van der Waals surface area contributed by atoms with E-state index >= 15 is 0 Å². The molecular formula is C12H20O5. The van der Waals surface area contributed by atoms with E-state index < -0.39 is 11.6 Å². The molecule has 0 unspecified atom stereocenters. The summed E-state index contributed by atoms with van der Waals surface area (Å²) < 4.78 is 28.6. The third kappa shape index (κ3) is 2.22. The molecule has 0 saturated carbocycles. The van der Waals surface area contributed by atoms with Crippen molar-refractivity contribution in [1.82, 2.24) is 0 Å². The van der Waals surface area contributed by atoms with Crippen molar-refractivity contribution in [3.8, 4) is 0 Å². The highest BCUT2D eigenvalue weighted by Crippen LogP contribution is 2.40. The predicted octanol–water partition coefficient (Wildman–Crippen LogP) is 1.40. The largest absolute Gasteiger partial charge is 0.348 e. The molecule has 0 aromatic heterocycles. The van der Waals surface area contributed by atoms with Crippen LogP contribution in [0.25, 0.3) is 0 Å². The molecule has 5 heteroatoms. The van der Waals surface area contributed by atoms with Crippen LogP contribution < -0.4 is 0 Å². The van der Waals surface area contributed by atoms with Crippen LogP contribution in [0.1, 0.15) is 34.1 Å². The van der Waals surface area contributed by atoms with Crippen LogP contribution in [0.4, 0.5) is 0 Å². The van der Waals surface area contributed by atoms with Gasteiger partial charge in [-0.3, -0.25) is 0 Å². The Morgan fingerprint density at radius 1 is 0.824 bits per heavy atom. The Bertz CT molecular complexity index is 298. The summed E-state index contributed by atoms with van der Waals surface area (Å²) in [5, 5.41) is 0. The second-order valence-electron chi connectivity index (χ2n) is 5.82. The van der Waals surface area contributed by atoms with E-state index in [9.17, 15) is 0 Å². The Labute approximate surface area is 101 Å². The Balaban J connectivity index is 1.60. The molecule has 3 aliphatic rings. The van der Waals surface area contributed by atoms with Gasteiger partial charge in [-0.25, -0.2) is 0 Å². The summed E-state index contributed by atoms with van der Waals surface area (Å²) in [5.74, 6) is -1.04. The quantitative estimate of drug-likeness (QED) is 0.697. The number of hydrogen-bond donors (Lipinski definition) is 0. The van der Waals surface area contributed by atoms with Crippen LogP contribution in [-0.2, 0) is 23.7 Å². The lowest BCUT2D eigenvalue weighted by atomic mass is 10.1. The zero-order valence-corrected chi connectivity index (χ0v) is 10.8. The molecule has 0 aromatic rings. The maximum Gasteiger partial charge on any atom is 0.187 e. The molecule has 0 bridgehead atoms. The highest BCUT2D eigenvalue weighted by molar-refractivity contribution is 4.90. The van der Waals surface area contributed by atoms with Crippen LogP contribution in [0.15, 0.2) is 0 Å². The molecule has 3 aliphatic heterocycles. The summed E-state index contributed by atoms with van der Waals surface area (Å²) in [6.07, 6.45) is 0.538. The molecule has 0 amide bonds. The van der Waals surface area contributed by atoms with Gasteiger partial charge in [-0.05, 0) is 27.7 Å². The first-order chi connectivity index (χ1) is 7.85. The van der Waals surface area contributed by atoms with Crippen molar-refractivity contribution in [2.45, 2.75) is 70.3 Å². The lowest BCUT2D eigenvalue weighted by molar-refractivity contribution is -0.220. The van der Waals surface area contributed by atoms with Crippen LogP contribution in [0.5, 0.6) is 0 Å².